The Kier molecular flexibility index (Phi) is 6.56. The Labute approximate surface area is 196 Å². The molecule has 150 valence electrons. The fourth-order valence-electron chi connectivity index (χ4n) is 2.60. The fourth-order valence-corrected chi connectivity index (χ4v) is 4.46. The molecule has 0 aliphatic heterocycles. The predicted octanol–water partition coefficient (Wildman–Crippen LogP) is 7.79. The maximum absolute atomic E-state index is 6.35. The quantitative estimate of drug-likeness (QED) is 0.315. The van der Waals surface area contributed by atoms with Gasteiger partial charge in [0, 0.05) is 21.3 Å². The lowest BCUT2D eigenvalue weighted by Crippen LogP contribution is -2.08. The van der Waals surface area contributed by atoms with Gasteiger partial charge in [-0.15, -0.1) is 10.2 Å². The molecule has 0 atom stereocenters. The molecule has 1 N–H and O–H groups in total. The molecule has 0 aliphatic carbocycles. The second-order valence-corrected chi connectivity index (χ2v) is 8.75. The van der Waals surface area contributed by atoms with Crippen molar-refractivity contribution in [3.63, 3.8) is 0 Å². The standard InChI is InChI=1S/C21H12Cl4N4S/c22-13-8-6-12(7-9-13)18-20(27-19-16(24)10-14(23)11-17(19)25)30-21(29-28-18)26-15-4-2-1-3-5-15/h1-11H,(H,26,29). The normalized spacial score (nSPS) is 11.5. The number of nitrogens with one attached hydrogen (secondary N) is 1. The molecule has 0 unspecified atom stereocenters. The summed E-state index contributed by atoms with van der Waals surface area (Å²) in [7, 11) is 0. The number of anilines is 2. The minimum atomic E-state index is 0.344. The zero-order valence-corrected chi connectivity index (χ0v) is 19.0. The molecule has 0 amide bonds. The van der Waals surface area contributed by atoms with Crippen LogP contribution < -0.4 is 9.99 Å². The molecule has 30 heavy (non-hydrogen) atoms. The molecule has 0 saturated heterocycles. The summed E-state index contributed by atoms with van der Waals surface area (Å²) < 4.78 is 0.580. The van der Waals surface area contributed by atoms with Gasteiger partial charge in [-0.3, -0.25) is 0 Å². The third kappa shape index (κ3) is 4.94. The van der Waals surface area contributed by atoms with E-state index in [1.165, 1.54) is 11.3 Å². The first-order valence-electron chi connectivity index (χ1n) is 8.65. The first-order chi connectivity index (χ1) is 14.5. The van der Waals surface area contributed by atoms with Crippen LogP contribution in [0.1, 0.15) is 0 Å². The van der Waals surface area contributed by atoms with Crippen molar-refractivity contribution in [3.8, 4) is 11.3 Å². The number of benzene rings is 3. The Morgan fingerprint density at radius 1 is 0.767 bits per heavy atom. The van der Waals surface area contributed by atoms with Crippen LogP contribution in [-0.2, 0) is 0 Å². The molecule has 4 nitrogen and oxygen atoms in total. The van der Waals surface area contributed by atoms with E-state index in [2.05, 4.69) is 15.5 Å². The zero-order valence-electron chi connectivity index (χ0n) is 15.1. The number of hydrogen-bond donors (Lipinski definition) is 1. The van der Waals surface area contributed by atoms with Crippen LogP contribution in [0.25, 0.3) is 11.3 Å². The van der Waals surface area contributed by atoms with Gasteiger partial charge < -0.3 is 5.32 Å². The van der Waals surface area contributed by atoms with Crippen LogP contribution in [0.3, 0.4) is 0 Å². The van der Waals surface area contributed by atoms with E-state index in [-0.39, 0.29) is 0 Å². The first-order valence-corrected chi connectivity index (χ1v) is 11.0. The topological polar surface area (TPSA) is 50.2 Å². The molecule has 0 spiro atoms. The van der Waals surface area contributed by atoms with E-state index in [0.717, 1.165) is 11.3 Å². The monoisotopic (exact) mass is 492 g/mol. The molecule has 0 aliphatic rings. The molecule has 1 heterocycles. The lowest BCUT2D eigenvalue weighted by atomic mass is 10.2. The predicted molar refractivity (Wildman–Crippen MR) is 127 cm³/mol. The van der Waals surface area contributed by atoms with Crippen molar-refractivity contribution in [2.24, 2.45) is 4.99 Å². The highest BCUT2D eigenvalue weighted by Crippen LogP contribution is 2.36. The van der Waals surface area contributed by atoms with Crippen molar-refractivity contribution in [2.45, 2.75) is 0 Å². The van der Waals surface area contributed by atoms with Crippen LogP contribution >= 0.6 is 57.7 Å². The maximum Gasteiger partial charge on any atom is 0.210 e. The van der Waals surface area contributed by atoms with Gasteiger partial charge in [-0.2, -0.15) is 0 Å². The van der Waals surface area contributed by atoms with Crippen LogP contribution in [0.5, 0.6) is 0 Å². The van der Waals surface area contributed by atoms with Gasteiger partial charge in [0.2, 0.25) is 5.13 Å². The summed E-state index contributed by atoms with van der Waals surface area (Å²) >= 11 is 26.1. The minimum absolute atomic E-state index is 0.344. The highest BCUT2D eigenvalue weighted by atomic mass is 35.5. The van der Waals surface area contributed by atoms with E-state index in [0.29, 0.717) is 41.3 Å². The van der Waals surface area contributed by atoms with Crippen molar-refractivity contribution in [3.05, 3.63) is 91.5 Å². The van der Waals surface area contributed by atoms with E-state index in [1.807, 2.05) is 42.5 Å². The van der Waals surface area contributed by atoms with Gasteiger partial charge in [-0.1, -0.05) is 88.1 Å². The van der Waals surface area contributed by atoms with Crippen molar-refractivity contribution in [1.29, 1.82) is 0 Å². The minimum Gasteiger partial charge on any atom is -0.330 e. The Balaban J connectivity index is 1.88. The molecule has 1 aromatic heterocycles. The van der Waals surface area contributed by atoms with E-state index >= 15 is 0 Å². The molecule has 0 bridgehead atoms. The van der Waals surface area contributed by atoms with E-state index in [1.54, 1.807) is 24.3 Å². The van der Waals surface area contributed by atoms with Gasteiger partial charge in [-0.25, -0.2) is 4.99 Å². The summed E-state index contributed by atoms with van der Waals surface area (Å²) in [5.74, 6) is 0. The molecule has 0 saturated carbocycles. The van der Waals surface area contributed by atoms with Crippen LogP contribution in [-0.4, -0.2) is 10.2 Å². The van der Waals surface area contributed by atoms with Crippen LogP contribution in [0.15, 0.2) is 71.7 Å². The highest BCUT2D eigenvalue weighted by molar-refractivity contribution is 7.13. The number of rotatable bonds is 4. The van der Waals surface area contributed by atoms with Crippen LogP contribution in [0.4, 0.5) is 16.5 Å². The Morgan fingerprint density at radius 2 is 1.43 bits per heavy atom. The highest BCUT2D eigenvalue weighted by Gasteiger charge is 2.11. The van der Waals surface area contributed by atoms with Crippen molar-refractivity contribution in [2.75, 3.05) is 5.32 Å². The summed E-state index contributed by atoms with van der Waals surface area (Å²) in [5.41, 5.74) is 2.69. The molecule has 0 fully saturated rings. The molecular formula is C21H12Cl4N4S. The van der Waals surface area contributed by atoms with Gasteiger partial charge in [0.05, 0.1) is 10.0 Å². The smallest absolute Gasteiger partial charge is 0.210 e. The van der Waals surface area contributed by atoms with Crippen molar-refractivity contribution < 1.29 is 0 Å². The first kappa shape index (κ1) is 21.1. The van der Waals surface area contributed by atoms with Gasteiger partial charge in [-0.05, 0) is 36.4 Å². The summed E-state index contributed by atoms with van der Waals surface area (Å²) in [6.45, 7) is 0. The van der Waals surface area contributed by atoms with Gasteiger partial charge in [0.25, 0.3) is 0 Å². The van der Waals surface area contributed by atoms with Gasteiger partial charge in [0.1, 0.15) is 16.1 Å². The van der Waals surface area contributed by atoms with Crippen LogP contribution in [0, 0.1) is 0 Å². The van der Waals surface area contributed by atoms with Crippen LogP contribution in [0.2, 0.25) is 20.1 Å². The van der Waals surface area contributed by atoms with E-state index in [4.69, 9.17) is 51.4 Å². The Bertz CT molecular complexity index is 1240. The van der Waals surface area contributed by atoms with Crippen molar-refractivity contribution >= 4 is 74.2 Å². The molecule has 0 radical (unpaired) electrons. The number of hydrogen-bond acceptors (Lipinski definition) is 5. The molecule has 4 aromatic rings. The van der Waals surface area contributed by atoms with E-state index in [9.17, 15) is 0 Å². The Hall–Kier alpha value is -2.15. The Morgan fingerprint density at radius 3 is 2.10 bits per heavy atom. The molecule has 4 rings (SSSR count). The average molecular weight is 494 g/mol. The van der Waals surface area contributed by atoms with E-state index < -0.39 is 0 Å². The summed E-state index contributed by atoms with van der Waals surface area (Å²) in [4.78, 5) is 4.70. The van der Waals surface area contributed by atoms with Crippen molar-refractivity contribution in [1.82, 2.24) is 10.2 Å². The number of para-hydroxylation sites is 1. The SMILES string of the molecule is Clc1ccc(-c2nnc(Nc3ccccc3)sc2=Nc2c(Cl)cc(Cl)cc2Cl)cc1. The molecular weight excluding hydrogens is 482 g/mol. The second-order valence-electron chi connectivity index (χ2n) is 6.09. The third-order valence-electron chi connectivity index (χ3n) is 3.97. The number of nitrogens with zero attached hydrogens (tertiary/aromatic N) is 3. The average Bonchev–Trinajstić information content (AvgIpc) is 2.72. The summed E-state index contributed by atoms with van der Waals surface area (Å²) in [5, 5.41) is 14.3. The second kappa shape index (κ2) is 9.33. The van der Waals surface area contributed by atoms with Gasteiger partial charge in [0.15, 0.2) is 0 Å². The van der Waals surface area contributed by atoms with Gasteiger partial charge >= 0.3 is 0 Å². The number of aromatic nitrogens is 2. The maximum atomic E-state index is 6.35. The zero-order chi connectivity index (χ0) is 21.1. The fraction of sp³-hybridized carbons (Fsp3) is 0. The molecule has 3 aromatic carbocycles. The summed E-state index contributed by atoms with van der Waals surface area (Å²) in [6.07, 6.45) is 0. The lowest BCUT2D eigenvalue weighted by molar-refractivity contribution is 1.05. The summed E-state index contributed by atoms with van der Waals surface area (Å²) in [6, 6.07) is 20.1. The lowest BCUT2D eigenvalue weighted by Gasteiger charge is -2.07. The largest absolute Gasteiger partial charge is 0.330 e. The molecule has 9 heteroatoms. The third-order valence-corrected chi connectivity index (χ3v) is 5.88. The number of halogens is 4.